The molecular weight excluding hydrogens is 1910 g/mol. The SMILES string of the molecule is Brc1cccc2c1-c1ccccc1C2.Brc1ccccc1.C.CC(C)(C)C(=O)O.COc1ccc(Cn2c3ccccc3c3c(Br)cccc32)cc1.COc1ccc(Cn2c3ccccc3c3c(Nc4cccc5c4oc4ccccc45)cccc32)cc1.COc1ccc(Cn2c3ccccc3c3c4[nH]c5c(ccc6c7ccccc7oc65)c4ccc32)cc1.Nc1cccc2c1oc1ccccc12. The van der Waals surface area contributed by atoms with Crippen molar-refractivity contribution in [2.45, 2.75) is 54.3 Å². The van der Waals surface area contributed by atoms with E-state index < -0.39 is 11.4 Å². The van der Waals surface area contributed by atoms with E-state index in [1.54, 1.807) is 42.1 Å². The van der Waals surface area contributed by atoms with E-state index in [1.807, 2.05) is 133 Å². The number of aromatic amines is 1. The Labute approximate surface area is 823 Å². The van der Waals surface area contributed by atoms with Crippen molar-refractivity contribution in [3.63, 3.8) is 0 Å². The van der Waals surface area contributed by atoms with Crippen LogP contribution in [0.3, 0.4) is 0 Å². The molecule has 7 heterocycles. The van der Waals surface area contributed by atoms with Crippen LogP contribution >= 0.6 is 47.8 Å². The Morgan fingerprint density at radius 3 is 1.25 bits per heavy atom. The van der Waals surface area contributed by atoms with Gasteiger partial charge >= 0.3 is 5.97 Å². The zero-order valence-electron chi connectivity index (χ0n) is 76.1. The summed E-state index contributed by atoms with van der Waals surface area (Å²) < 4.78 is 44.9. The average Bonchev–Trinajstić information content (AvgIpc) is 1.55. The number of H-pyrrole nitrogens is 1. The lowest BCUT2D eigenvalue weighted by Crippen LogP contribution is -2.18. The number of anilines is 3. The summed E-state index contributed by atoms with van der Waals surface area (Å²) in [5.74, 6) is 1.87. The number of fused-ring (bicyclic) bond motifs is 26. The first kappa shape index (κ1) is 91.6. The summed E-state index contributed by atoms with van der Waals surface area (Å²) in [7, 11) is 5.09. The molecule has 26 rings (SSSR count). The third kappa shape index (κ3) is 18.2. The monoisotopic (exact) mass is 2000 g/mol. The van der Waals surface area contributed by atoms with Gasteiger partial charge in [0.15, 0.2) is 16.7 Å². The average molecular weight is 2000 g/mol. The number of nitrogen functional groups attached to an aromatic ring is 1. The Hall–Kier alpha value is -15.5. The number of aromatic nitrogens is 4. The van der Waals surface area contributed by atoms with E-state index in [4.69, 9.17) is 38.3 Å². The number of nitrogens with one attached hydrogen (secondary N) is 2. The van der Waals surface area contributed by atoms with Crippen molar-refractivity contribution < 1.29 is 37.4 Å². The summed E-state index contributed by atoms with van der Waals surface area (Å²) in [5.41, 5.74) is 32.1. The van der Waals surface area contributed by atoms with Crippen LogP contribution in [0, 0.1) is 5.41 Å². The number of halogens is 3. The third-order valence-corrected chi connectivity index (χ3v) is 27.2. The standard InChI is InChI=1S/C32H22N2O2.C32H24N2O2.C20H16BrNO.C13H9Br.C12H9NO.C6H5Br.C5H10O2.CH4/c1-35-20-12-10-19(11-13-20)18-34-26-8-4-2-7-25(26)29-27(34)17-16-22-23-14-15-24-21-6-3-5-9-28(21)36-32(24)31(23)33-30(22)29;1-35-22-18-16-21(17-19-22)20-34-28-13-4-2-9-25(28)31-26(11-7-14-29(31)34)33-27-12-6-10-24-23-8-3-5-15-30(23)36-32(24)27;1-23-15-11-9-14(10-12-15)13-22-18-7-3-2-5-16(18)20-17(21)6-4-8-19(20)22;14-12-7-3-5-10-8-9-4-1-2-6-11(9)13(10)12;13-10-6-3-5-9-8-4-1-2-7-11(8)14-12(9)10;7-6-4-2-1-3-5-6;1-5(2,3)4(6)7;/h2-17,33H,18H2,1H3;2-19,33H,20H2,1H3;2-12H,13H2,1H3;1-7H,8H2;1-7H,13H2;1-5H;1-3H3,(H,6,7);1H4. The highest BCUT2D eigenvalue weighted by Gasteiger charge is 2.25. The molecule has 1 aliphatic rings. The topological polar surface area (TPSA) is 173 Å². The minimum absolute atomic E-state index is 0. The molecule has 0 saturated carbocycles. The molecule has 25 aromatic rings. The first-order chi connectivity index (χ1) is 66.9. The van der Waals surface area contributed by atoms with Crippen molar-refractivity contribution >= 4 is 224 Å². The first-order valence-electron chi connectivity index (χ1n) is 45.4. The Morgan fingerprint density at radius 2 is 0.725 bits per heavy atom. The highest BCUT2D eigenvalue weighted by atomic mass is 79.9. The molecule has 0 spiro atoms. The summed E-state index contributed by atoms with van der Waals surface area (Å²) in [6, 6.07) is 134. The van der Waals surface area contributed by atoms with Gasteiger partial charge in [-0.05, 0) is 206 Å². The van der Waals surface area contributed by atoms with Crippen LogP contribution in [-0.4, -0.2) is 51.1 Å². The van der Waals surface area contributed by atoms with Crippen molar-refractivity contribution in [2.75, 3.05) is 32.4 Å². The number of benzene rings is 18. The van der Waals surface area contributed by atoms with E-state index in [2.05, 4.69) is 327 Å². The van der Waals surface area contributed by atoms with Crippen molar-refractivity contribution in [3.05, 3.63) is 429 Å². The van der Waals surface area contributed by atoms with Gasteiger partial charge in [-0.3, -0.25) is 4.79 Å². The fourth-order valence-corrected chi connectivity index (χ4v) is 20.1. The Kier molecular flexibility index (Phi) is 26.4. The zero-order chi connectivity index (χ0) is 94.0. The molecule has 17 heteroatoms. The van der Waals surface area contributed by atoms with Crippen LogP contribution < -0.4 is 25.3 Å². The van der Waals surface area contributed by atoms with Gasteiger partial charge in [-0.2, -0.15) is 0 Å². The fraction of sp³-hybridized carbons (Fsp3) is 0.0992. The number of nitrogens with two attached hydrogens (primary N) is 1. The van der Waals surface area contributed by atoms with Crippen LogP contribution in [0.1, 0.15) is 56.0 Å². The molecule has 14 nitrogen and oxygen atoms in total. The van der Waals surface area contributed by atoms with Gasteiger partial charge in [0.05, 0.1) is 65.7 Å². The number of aliphatic carboxylic acids is 1. The maximum Gasteiger partial charge on any atom is 0.308 e. The molecule has 0 fully saturated rings. The third-order valence-electron chi connectivity index (χ3n) is 25.3. The van der Waals surface area contributed by atoms with Crippen LogP contribution in [0.4, 0.5) is 17.1 Å². The Morgan fingerprint density at radius 1 is 0.355 bits per heavy atom. The molecule has 0 aliphatic heterocycles. The molecular formula is C121H99Br3N6O8. The van der Waals surface area contributed by atoms with Gasteiger partial charge in [-0.15, -0.1) is 0 Å². The van der Waals surface area contributed by atoms with E-state index in [-0.39, 0.29) is 7.43 Å². The molecule has 1 aliphatic carbocycles. The van der Waals surface area contributed by atoms with Crippen molar-refractivity contribution in [3.8, 4) is 28.4 Å². The minimum atomic E-state index is -0.757. The van der Waals surface area contributed by atoms with E-state index in [0.29, 0.717) is 5.69 Å². The molecule has 0 bridgehead atoms. The molecule has 138 heavy (non-hydrogen) atoms. The van der Waals surface area contributed by atoms with Gasteiger partial charge in [0.2, 0.25) is 0 Å². The summed E-state index contributed by atoms with van der Waals surface area (Å²) in [6.45, 7) is 7.38. The normalized spacial score (nSPS) is 11.5. The Bertz CT molecular complexity index is 8780. The number of carboxylic acids is 1. The van der Waals surface area contributed by atoms with Gasteiger partial charge in [0.1, 0.15) is 34.0 Å². The number of nitrogens with zero attached hydrogens (tertiary/aromatic N) is 3. The number of hydrogen-bond acceptors (Lipinski definition) is 9. The van der Waals surface area contributed by atoms with Gasteiger partial charge in [-0.1, -0.05) is 304 Å². The fourth-order valence-electron chi connectivity index (χ4n) is 18.6. The van der Waals surface area contributed by atoms with Crippen LogP contribution in [0.15, 0.2) is 415 Å². The van der Waals surface area contributed by atoms with Crippen molar-refractivity contribution in [1.82, 2.24) is 18.7 Å². The maximum absolute atomic E-state index is 10.0. The van der Waals surface area contributed by atoms with Crippen molar-refractivity contribution in [2.24, 2.45) is 5.41 Å². The maximum atomic E-state index is 10.0. The predicted molar refractivity (Wildman–Crippen MR) is 584 cm³/mol. The molecule has 0 saturated heterocycles. The van der Waals surface area contributed by atoms with Crippen LogP contribution in [0.25, 0.3) is 164 Å². The van der Waals surface area contributed by atoms with E-state index in [9.17, 15) is 4.79 Å². The molecule has 0 radical (unpaired) electrons. The Balaban J connectivity index is 0.000000111. The van der Waals surface area contributed by atoms with Gasteiger partial charge < -0.3 is 62.3 Å². The zero-order valence-corrected chi connectivity index (χ0v) is 80.9. The summed E-state index contributed by atoms with van der Waals surface area (Å²) in [4.78, 5) is 13.8. The molecule has 0 unspecified atom stereocenters. The number of methoxy groups -OCH3 is 3. The van der Waals surface area contributed by atoms with Gasteiger partial charge in [0, 0.05) is 131 Å². The number of carboxylic acid groups (broad SMARTS) is 1. The second-order valence-corrected chi connectivity index (χ2v) is 37.5. The quantitative estimate of drug-likeness (QED) is 0.0913. The largest absolute Gasteiger partial charge is 0.497 e. The van der Waals surface area contributed by atoms with E-state index in [0.717, 1.165) is 140 Å². The summed E-state index contributed by atoms with van der Waals surface area (Å²) in [5, 5.41) is 28.6. The molecule has 0 amide bonds. The molecule has 5 N–H and O–H groups in total. The number of para-hydroxylation sites is 8. The van der Waals surface area contributed by atoms with E-state index in [1.165, 1.54) is 120 Å². The second kappa shape index (κ2) is 39.8. The van der Waals surface area contributed by atoms with Crippen LogP contribution in [0.2, 0.25) is 0 Å². The number of ether oxygens (including phenoxy) is 3. The van der Waals surface area contributed by atoms with Crippen LogP contribution in [0.5, 0.6) is 17.2 Å². The van der Waals surface area contributed by atoms with Crippen LogP contribution in [-0.2, 0) is 30.8 Å². The number of rotatable bonds is 11. The summed E-state index contributed by atoms with van der Waals surface area (Å²) in [6.07, 6.45) is 1.07. The molecule has 682 valence electrons. The molecule has 7 aromatic heterocycles. The minimum Gasteiger partial charge on any atom is -0.497 e. The lowest BCUT2D eigenvalue weighted by Gasteiger charge is -2.11. The number of hydrogen-bond donors (Lipinski definition) is 4. The van der Waals surface area contributed by atoms with Gasteiger partial charge in [0.25, 0.3) is 0 Å². The van der Waals surface area contributed by atoms with Gasteiger partial charge in [-0.25, -0.2) is 0 Å². The summed E-state index contributed by atoms with van der Waals surface area (Å²) >= 11 is 10.6. The molecule has 0 atom stereocenters. The predicted octanol–water partition coefficient (Wildman–Crippen LogP) is 33.9. The second-order valence-electron chi connectivity index (χ2n) is 34.8. The van der Waals surface area contributed by atoms with E-state index >= 15 is 0 Å². The first-order valence-corrected chi connectivity index (χ1v) is 47.7. The highest BCUT2D eigenvalue weighted by Crippen LogP contribution is 2.46. The highest BCUT2D eigenvalue weighted by molar-refractivity contribution is 9.11. The van der Waals surface area contributed by atoms with Crippen molar-refractivity contribution in [1.29, 1.82) is 0 Å². The smallest absolute Gasteiger partial charge is 0.308 e. The molecule has 18 aromatic carbocycles. The number of carbonyl (C=O) groups is 1. The number of furan rings is 3. The lowest BCUT2D eigenvalue weighted by molar-refractivity contribution is -0.145. The lowest BCUT2D eigenvalue weighted by atomic mass is 9.98.